The normalized spacial score (nSPS) is 10.6. The summed E-state index contributed by atoms with van der Waals surface area (Å²) in [6.07, 6.45) is 0. The van der Waals surface area contributed by atoms with Gasteiger partial charge in [0.15, 0.2) is 11.5 Å². The number of nitrogens with zero attached hydrogens (tertiary/aromatic N) is 2. The highest BCUT2D eigenvalue weighted by Crippen LogP contribution is 2.30. The number of carbonyl (C=O) groups excluding carboxylic acids is 1. The standard InChI is InChI=1S/C17H12F2N4O/c18-11-5-1-9(2-6-11)13-14(10-3-7-12(19)8-4-10)23-16(20)15(22-13)17(21)24/h1-8H,(H2,20,23)(H2,21,24). The topological polar surface area (TPSA) is 94.9 Å². The number of hydrogen-bond acceptors (Lipinski definition) is 4. The maximum absolute atomic E-state index is 13.2. The molecule has 1 amide bonds. The fraction of sp³-hybridized carbons (Fsp3) is 0. The van der Waals surface area contributed by atoms with Crippen molar-refractivity contribution in [1.82, 2.24) is 9.97 Å². The van der Waals surface area contributed by atoms with Gasteiger partial charge in [-0.3, -0.25) is 4.79 Å². The van der Waals surface area contributed by atoms with Gasteiger partial charge in [-0.25, -0.2) is 18.7 Å². The molecule has 120 valence electrons. The Labute approximate surface area is 136 Å². The number of anilines is 1. The van der Waals surface area contributed by atoms with Crippen LogP contribution in [0.2, 0.25) is 0 Å². The molecule has 0 aliphatic carbocycles. The largest absolute Gasteiger partial charge is 0.382 e. The summed E-state index contributed by atoms with van der Waals surface area (Å²) in [6, 6.07) is 11.1. The summed E-state index contributed by atoms with van der Waals surface area (Å²) in [6.45, 7) is 0. The van der Waals surface area contributed by atoms with Gasteiger partial charge in [0.25, 0.3) is 5.91 Å². The molecule has 0 aliphatic heterocycles. The lowest BCUT2D eigenvalue weighted by Gasteiger charge is -2.11. The van der Waals surface area contributed by atoms with Crippen molar-refractivity contribution in [3.8, 4) is 22.5 Å². The quantitative estimate of drug-likeness (QED) is 0.773. The van der Waals surface area contributed by atoms with E-state index in [4.69, 9.17) is 11.5 Å². The number of primary amides is 1. The van der Waals surface area contributed by atoms with Crippen LogP contribution in [-0.4, -0.2) is 15.9 Å². The van der Waals surface area contributed by atoms with Crippen molar-refractivity contribution in [1.29, 1.82) is 0 Å². The summed E-state index contributed by atoms with van der Waals surface area (Å²) >= 11 is 0. The Hall–Kier alpha value is -3.35. The SMILES string of the molecule is NC(=O)c1nc(-c2ccc(F)cc2)c(-c2ccc(F)cc2)nc1N. The fourth-order valence-electron chi connectivity index (χ4n) is 2.25. The molecule has 3 aromatic rings. The molecule has 0 fully saturated rings. The van der Waals surface area contributed by atoms with Crippen LogP contribution in [0.15, 0.2) is 48.5 Å². The van der Waals surface area contributed by atoms with Crippen molar-refractivity contribution in [3.63, 3.8) is 0 Å². The highest BCUT2D eigenvalue weighted by atomic mass is 19.1. The first-order valence-electron chi connectivity index (χ1n) is 6.95. The predicted octanol–water partition coefficient (Wildman–Crippen LogP) is 2.77. The van der Waals surface area contributed by atoms with Crippen LogP contribution < -0.4 is 11.5 Å². The Morgan fingerprint density at radius 3 is 1.62 bits per heavy atom. The number of hydrogen-bond donors (Lipinski definition) is 2. The number of carbonyl (C=O) groups is 1. The maximum atomic E-state index is 13.2. The lowest BCUT2D eigenvalue weighted by molar-refractivity contribution is 0.0996. The third-order valence-corrected chi connectivity index (χ3v) is 3.39. The Morgan fingerprint density at radius 2 is 1.21 bits per heavy atom. The molecule has 1 heterocycles. The summed E-state index contributed by atoms with van der Waals surface area (Å²) in [5.74, 6) is -1.78. The minimum absolute atomic E-state index is 0.132. The van der Waals surface area contributed by atoms with E-state index in [1.165, 1.54) is 48.5 Å². The van der Waals surface area contributed by atoms with Crippen molar-refractivity contribution in [3.05, 3.63) is 65.9 Å². The molecule has 0 atom stereocenters. The van der Waals surface area contributed by atoms with Gasteiger partial charge in [0.05, 0.1) is 11.4 Å². The van der Waals surface area contributed by atoms with Gasteiger partial charge in [-0.15, -0.1) is 0 Å². The Balaban J connectivity index is 2.26. The molecule has 4 N–H and O–H groups in total. The van der Waals surface area contributed by atoms with Crippen LogP contribution >= 0.6 is 0 Å². The average Bonchev–Trinajstić information content (AvgIpc) is 2.56. The molecule has 0 saturated heterocycles. The number of amides is 1. The minimum Gasteiger partial charge on any atom is -0.382 e. The van der Waals surface area contributed by atoms with E-state index in [2.05, 4.69) is 9.97 Å². The van der Waals surface area contributed by atoms with E-state index in [9.17, 15) is 13.6 Å². The lowest BCUT2D eigenvalue weighted by atomic mass is 10.0. The van der Waals surface area contributed by atoms with E-state index in [1.807, 2.05) is 0 Å². The molecule has 0 radical (unpaired) electrons. The van der Waals surface area contributed by atoms with Gasteiger partial charge in [-0.2, -0.15) is 0 Å². The zero-order valence-electron chi connectivity index (χ0n) is 12.3. The first kappa shape index (κ1) is 15.5. The summed E-state index contributed by atoms with van der Waals surface area (Å²) < 4.78 is 26.3. The summed E-state index contributed by atoms with van der Waals surface area (Å²) in [4.78, 5) is 19.9. The number of halogens is 2. The lowest BCUT2D eigenvalue weighted by Crippen LogP contribution is -2.17. The number of aromatic nitrogens is 2. The maximum Gasteiger partial charge on any atom is 0.271 e. The van der Waals surface area contributed by atoms with Crippen molar-refractivity contribution < 1.29 is 13.6 Å². The van der Waals surface area contributed by atoms with Crippen LogP contribution in [-0.2, 0) is 0 Å². The average molecular weight is 326 g/mol. The molecular weight excluding hydrogens is 314 g/mol. The Bertz CT molecular complexity index is 909. The third kappa shape index (κ3) is 2.91. The van der Waals surface area contributed by atoms with E-state index >= 15 is 0 Å². The number of benzene rings is 2. The molecule has 0 unspecified atom stereocenters. The molecular formula is C17H12F2N4O. The predicted molar refractivity (Wildman–Crippen MR) is 85.8 cm³/mol. The van der Waals surface area contributed by atoms with Gasteiger partial charge in [0, 0.05) is 11.1 Å². The van der Waals surface area contributed by atoms with Gasteiger partial charge in [-0.05, 0) is 48.5 Å². The van der Waals surface area contributed by atoms with Crippen LogP contribution in [0.5, 0.6) is 0 Å². The molecule has 3 rings (SSSR count). The molecule has 0 saturated carbocycles. The molecule has 0 aliphatic rings. The summed E-state index contributed by atoms with van der Waals surface area (Å²) in [5.41, 5.74) is 12.5. The minimum atomic E-state index is -0.825. The molecule has 7 heteroatoms. The van der Waals surface area contributed by atoms with E-state index in [1.54, 1.807) is 0 Å². The van der Waals surface area contributed by atoms with Crippen molar-refractivity contribution in [2.24, 2.45) is 5.73 Å². The van der Waals surface area contributed by atoms with Crippen LogP contribution in [0.25, 0.3) is 22.5 Å². The second kappa shape index (κ2) is 6.04. The first-order valence-corrected chi connectivity index (χ1v) is 6.95. The molecule has 24 heavy (non-hydrogen) atoms. The van der Waals surface area contributed by atoms with Gasteiger partial charge in [-0.1, -0.05) is 0 Å². The molecule has 5 nitrogen and oxygen atoms in total. The molecule has 0 bridgehead atoms. The van der Waals surface area contributed by atoms with E-state index in [0.717, 1.165) is 0 Å². The van der Waals surface area contributed by atoms with Crippen molar-refractivity contribution >= 4 is 11.7 Å². The molecule has 2 aromatic carbocycles. The molecule has 0 spiro atoms. The van der Waals surface area contributed by atoms with Crippen LogP contribution in [0, 0.1) is 11.6 Å². The number of nitrogen functional groups attached to an aromatic ring is 1. The van der Waals surface area contributed by atoms with Gasteiger partial charge >= 0.3 is 0 Å². The van der Waals surface area contributed by atoms with Crippen molar-refractivity contribution in [2.45, 2.75) is 0 Å². The van der Waals surface area contributed by atoms with E-state index in [-0.39, 0.29) is 11.5 Å². The smallest absolute Gasteiger partial charge is 0.271 e. The van der Waals surface area contributed by atoms with Gasteiger partial charge in [0.2, 0.25) is 0 Å². The van der Waals surface area contributed by atoms with Crippen molar-refractivity contribution in [2.75, 3.05) is 5.73 Å². The Morgan fingerprint density at radius 1 is 0.792 bits per heavy atom. The highest BCUT2D eigenvalue weighted by molar-refractivity contribution is 5.96. The van der Waals surface area contributed by atoms with Crippen LogP contribution in [0.4, 0.5) is 14.6 Å². The van der Waals surface area contributed by atoms with Gasteiger partial charge in [0.1, 0.15) is 11.6 Å². The van der Waals surface area contributed by atoms with Crippen LogP contribution in [0.1, 0.15) is 10.5 Å². The fourth-order valence-corrected chi connectivity index (χ4v) is 2.25. The third-order valence-electron chi connectivity index (χ3n) is 3.39. The van der Waals surface area contributed by atoms with Gasteiger partial charge < -0.3 is 11.5 Å². The van der Waals surface area contributed by atoms with E-state index < -0.39 is 17.5 Å². The van der Waals surface area contributed by atoms with Crippen LogP contribution in [0.3, 0.4) is 0 Å². The zero-order valence-corrected chi connectivity index (χ0v) is 12.3. The number of rotatable bonds is 3. The second-order valence-corrected chi connectivity index (χ2v) is 5.03. The first-order chi connectivity index (χ1) is 11.5. The second-order valence-electron chi connectivity index (χ2n) is 5.03. The molecule has 1 aromatic heterocycles. The zero-order chi connectivity index (χ0) is 17.3. The highest BCUT2D eigenvalue weighted by Gasteiger charge is 2.18. The number of nitrogens with two attached hydrogens (primary N) is 2. The summed E-state index contributed by atoms with van der Waals surface area (Å²) in [5, 5.41) is 0. The monoisotopic (exact) mass is 326 g/mol. The van der Waals surface area contributed by atoms with E-state index in [0.29, 0.717) is 22.5 Å². The summed E-state index contributed by atoms with van der Waals surface area (Å²) in [7, 11) is 0. The Kier molecular flexibility index (Phi) is 3.91.